The van der Waals surface area contributed by atoms with Crippen molar-refractivity contribution in [2.24, 2.45) is 0 Å². The maximum atomic E-state index is 12.0. The highest BCUT2D eigenvalue weighted by molar-refractivity contribution is 5.89. The number of fused-ring (bicyclic) bond motifs is 1. The van der Waals surface area contributed by atoms with E-state index in [0.717, 1.165) is 24.0 Å². The molecule has 0 aromatic heterocycles. The third-order valence-electron chi connectivity index (χ3n) is 4.57. The minimum Gasteiger partial charge on any atom is -0.299 e. The van der Waals surface area contributed by atoms with Crippen LogP contribution in [0.1, 0.15) is 47.6 Å². The van der Waals surface area contributed by atoms with Crippen molar-refractivity contribution in [3.05, 3.63) is 82.4 Å². The monoisotopic (exact) mass is 316 g/mol. The van der Waals surface area contributed by atoms with Gasteiger partial charge in [-0.25, -0.2) is 0 Å². The lowest BCUT2D eigenvalue weighted by atomic mass is 9.99. The molecule has 1 nitrogen and oxygen atoms in total. The molecule has 0 spiro atoms. The van der Waals surface area contributed by atoms with Crippen LogP contribution in [0.5, 0.6) is 0 Å². The fourth-order valence-electron chi connectivity index (χ4n) is 3.14. The molecule has 1 aliphatic carbocycles. The first-order chi connectivity index (χ1) is 11.5. The maximum absolute atomic E-state index is 12.0. The molecule has 2 aromatic carbocycles. The summed E-state index contributed by atoms with van der Waals surface area (Å²) in [7, 11) is 0. The number of carbonyl (C=O) groups is 1. The zero-order chi connectivity index (χ0) is 17.1. The molecular formula is C23H24O. The highest BCUT2D eigenvalue weighted by Crippen LogP contribution is 2.32. The van der Waals surface area contributed by atoms with Crippen LogP contribution in [-0.4, -0.2) is 5.78 Å². The van der Waals surface area contributed by atoms with Gasteiger partial charge in [0, 0.05) is 12.8 Å². The second-order valence-electron chi connectivity index (χ2n) is 6.92. The lowest BCUT2D eigenvalue weighted by molar-refractivity contribution is -0.118. The number of Topliss-reactive ketones (excluding diaryl/α,β-unsaturated/α-hetero) is 1. The molecule has 1 aliphatic rings. The zero-order valence-electron chi connectivity index (χ0n) is 14.6. The Morgan fingerprint density at radius 2 is 1.83 bits per heavy atom. The second-order valence-corrected chi connectivity index (χ2v) is 6.92. The third-order valence-corrected chi connectivity index (χ3v) is 4.57. The van der Waals surface area contributed by atoms with Crippen molar-refractivity contribution in [3.63, 3.8) is 0 Å². The third kappa shape index (κ3) is 3.91. The van der Waals surface area contributed by atoms with E-state index in [2.05, 4.69) is 62.0 Å². The molecule has 0 saturated heterocycles. The van der Waals surface area contributed by atoms with Crippen LogP contribution in [0.15, 0.2) is 54.6 Å². The number of ketones is 1. The molecule has 1 heteroatoms. The quantitative estimate of drug-likeness (QED) is 0.638. The minimum atomic E-state index is 0.286. The van der Waals surface area contributed by atoms with Gasteiger partial charge in [0.1, 0.15) is 5.78 Å². The smallest absolute Gasteiger partial charge is 0.137 e. The van der Waals surface area contributed by atoms with Gasteiger partial charge in [0.2, 0.25) is 0 Å². The number of carbonyl (C=O) groups excluding carboxylic acids is 1. The van der Waals surface area contributed by atoms with E-state index in [1.54, 1.807) is 0 Å². The molecule has 2 aromatic rings. The van der Waals surface area contributed by atoms with Crippen LogP contribution < -0.4 is 0 Å². The van der Waals surface area contributed by atoms with Gasteiger partial charge in [-0.1, -0.05) is 59.7 Å². The van der Waals surface area contributed by atoms with Crippen molar-refractivity contribution >= 4 is 17.4 Å². The molecule has 0 atom stereocenters. The van der Waals surface area contributed by atoms with Gasteiger partial charge in [0.15, 0.2) is 0 Å². The average molecular weight is 316 g/mol. The van der Waals surface area contributed by atoms with E-state index in [1.807, 2.05) is 6.92 Å². The molecule has 0 saturated carbocycles. The van der Waals surface area contributed by atoms with Crippen molar-refractivity contribution in [2.45, 2.75) is 39.5 Å². The number of hydrogen-bond donors (Lipinski definition) is 0. The first kappa shape index (κ1) is 16.4. The van der Waals surface area contributed by atoms with Gasteiger partial charge < -0.3 is 0 Å². The van der Waals surface area contributed by atoms with E-state index in [0.29, 0.717) is 12.8 Å². The molecule has 0 heterocycles. The van der Waals surface area contributed by atoms with Gasteiger partial charge in [-0.05, 0) is 54.5 Å². The Balaban J connectivity index is 1.66. The summed E-state index contributed by atoms with van der Waals surface area (Å²) in [4.78, 5) is 12.0. The van der Waals surface area contributed by atoms with Crippen LogP contribution in [0.25, 0.3) is 11.6 Å². The molecule has 0 aliphatic heterocycles. The van der Waals surface area contributed by atoms with Gasteiger partial charge in [-0.2, -0.15) is 0 Å². The van der Waals surface area contributed by atoms with Gasteiger partial charge in [-0.15, -0.1) is 6.58 Å². The normalized spacial score (nSPS) is 12.7. The number of allylic oxidation sites excluding steroid dienone is 2. The van der Waals surface area contributed by atoms with Crippen molar-refractivity contribution < 1.29 is 4.79 Å². The van der Waals surface area contributed by atoms with Crippen molar-refractivity contribution in [1.82, 2.24) is 0 Å². The summed E-state index contributed by atoms with van der Waals surface area (Å²) in [6, 6.07) is 15.1. The van der Waals surface area contributed by atoms with Gasteiger partial charge in [0.05, 0.1) is 0 Å². The molecule has 24 heavy (non-hydrogen) atoms. The Hall–Kier alpha value is -2.41. The van der Waals surface area contributed by atoms with E-state index in [4.69, 9.17) is 0 Å². The summed E-state index contributed by atoms with van der Waals surface area (Å²) in [6.07, 6.45) is 5.19. The molecule has 0 bridgehead atoms. The van der Waals surface area contributed by atoms with Gasteiger partial charge in [-0.3, -0.25) is 4.79 Å². The van der Waals surface area contributed by atoms with Gasteiger partial charge >= 0.3 is 0 Å². The maximum Gasteiger partial charge on any atom is 0.137 e. The zero-order valence-corrected chi connectivity index (χ0v) is 14.6. The van der Waals surface area contributed by atoms with Gasteiger partial charge in [0.25, 0.3) is 0 Å². The molecule has 0 fully saturated rings. The van der Waals surface area contributed by atoms with Crippen molar-refractivity contribution in [3.8, 4) is 0 Å². The number of aryl methyl sites for hydroxylation is 1. The van der Waals surface area contributed by atoms with Crippen LogP contribution in [0, 0.1) is 6.92 Å². The van der Waals surface area contributed by atoms with E-state index >= 15 is 0 Å². The predicted molar refractivity (Wildman–Crippen MR) is 102 cm³/mol. The Morgan fingerprint density at radius 1 is 1.08 bits per heavy atom. The average Bonchev–Trinajstić information content (AvgIpc) is 2.96. The first-order valence-electron chi connectivity index (χ1n) is 8.57. The molecule has 0 unspecified atom stereocenters. The van der Waals surface area contributed by atoms with Crippen molar-refractivity contribution in [1.29, 1.82) is 0 Å². The summed E-state index contributed by atoms with van der Waals surface area (Å²) in [5, 5.41) is 0. The van der Waals surface area contributed by atoms with E-state index < -0.39 is 0 Å². The van der Waals surface area contributed by atoms with Crippen LogP contribution in [0.2, 0.25) is 0 Å². The molecule has 3 rings (SSSR count). The summed E-state index contributed by atoms with van der Waals surface area (Å²) in [6.45, 7) is 7.95. The molecule has 122 valence electrons. The standard InChI is InChI=1S/C23H24O/c1-16(2)4-11-23(24)13-18-6-9-19(10-7-18)22-14-20-8-5-17(3)12-21(20)15-22/h5-10,12,15H,1,4,11,13-14H2,2-3H3. The highest BCUT2D eigenvalue weighted by atomic mass is 16.1. The first-order valence-corrected chi connectivity index (χ1v) is 8.57. The van der Waals surface area contributed by atoms with Crippen LogP contribution in [-0.2, 0) is 17.6 Å². The molecular weight excluding hydrogens is 292 g/mol. The SMILES string of the molecule is C=C(C)CCC(=O)Cc1ccc(C2=Cc3cc(C)ccc3C2)cc1. The summed E-state index contributed by atoms with van der Waals surface area (Å²) in [5.74, 6) is 0.286. The van der Waals surface area contributed by atoms with Crippen molar-refractivity contribution in [2.75, 3.05) is 0 Å². The predicted octanol–water partition coefficient (Wildman–Crippen LogP) is 5.56. The van der Waals surface area contributed by atoms with Crippen LogP contribution in [0.3, 0.4) is 0 Å². The molecule has 0 N–H and O–H groups in total. The number of hydrogen-bond acceptors (Lipinski definition) is 1. The van der Waals surface area contributed by atoms with E-state index in [-0.39, 0.29) is 5.78 Å². The Morgan fingerprint density at radius 3 is 2.54 bits per heavy atom. The lowest BCUT2D eigenvalue weighted by Gasteiger charge is -2.05. The number of rotatable bonds is 6. The fourth-order valence-corrected chi connectivity index (χ4v) is 3.14. The Bertz CT molecular complexity index is 806. The Labute approximate surface area is 144 Å². The fraction of sp³-hybridized carbons (Fsp3) is 0.261. The van der Waals surface area contributed by atoms with Crippen LogP contribution in [0.4, 0.5) is 0 Å². The second kappa shape index (κ2) is 7.00. The largest absolute Gasteiger partial charge is 0.299 e. The Kier molecular flexibility index (Phi) is 4.80. The number of benzene rings is 2. The summed E-state index contributed by atoms with van der Waals surface area (Å²) >= 11 is 0. The minimum absolute atomic E-state index is 0.286. The van der Waals surface area contributed by atoms with E-state index in [9.17, 15) is 4.79 Å². The van der Waals surface area contributed by atoms with Crippen LogP contribution >= 0.6 is 0 Å². The topological polar surface area (TPSA) is 17.1 Å². The van der Waals surface area contributed by atoms with E-state index in [1.165, 1.54) is 27.8 Å². The highest BCUT2D eigenvalue weighted by Gasteiger charge is 2.14. The molecule has 0 amide bonds. The molecule has 0 radical (unpaired) electrons. The summed E-state index contributed by atoms with van der Waals surface area (Å²) in [5.41, 5.74) is 8.81. The lowest BCUT2D eigenvalue weighted by Crippen LogP contribution is -2.02. The summed E-state index contributed by atoms with van der Waals surface area (Å²) < 4.78 is 0.